The summed E-state index contributed by atoms with van der Waals surface area (Å²) >= 11 is 0. The van der Waals surface area contributed by atoms with Crippen molar-refractivity contribution in [1.29, 1.82) is 0 Å². The molecule has 2 aliphatic rings. The lowest BCUT2D eigenvalue weighted by Gasteiger charge is -2.03. The Morgan fingerprint density at radius 1 is 0.868 bits per heavy atom. The molecule has 0 unspecified atom stereocenters. The van der Waals surface area contributed by atoms with Gasteiger partial charge < -0.3 is 20.8 Å². The highest BCUT2D eigenvalue weighted by atomic mass is 16.4. The van der Waals surface area contributed by atoms with Gasteiger partial charge in [-0.15, -0.1) is 0 Å². The minimum atomic E-state index is -0.820. The van der Waals surface area contributed by atoms with E-state index < -0.39 is 5.97 Å². The summed E-state index contributed by atoms with van der Waals surface area (Å²) in [7, 11) is 0. The Bertz CT molecular complexity index is 1720. The molecule has 2 aliphatic heterocycles. The van der Waals surface area contributed by atoms with E-state index in [2.05, 4.69) is 62.8 Å². The minimum Gasteiger partial charge on any atom is -0.481 e. The molecule has 7 nitrogen and oxygen atoms in total. The van der Waals surface area contributed by atoms with E-state index in [-0.39, 0.29) is 6.42 Å². The monoisotopic (exact) mass is 509 g/mol. The van der Waals surface area contributed by atoms with E-state index in [0.29, 0.717) is 12.1 Å². The van der Waals surface area contributed by atoms with Gasteiger partial charge in [-0.1, -0.05) is 13.8 Å². The van der Waals surface area contributed by atoms with Crippen molar-refractivity contribution in [2.24, 2.45) is 0 Å². The number of anilines is 1. The molecule has 5 rings (SSSR count). The molecule has 0 fully saturated rings. The van der Waals surface area contributed by atoms with Gasteiger partial charge in [0.1, 0.15) is 0 Å². The van der Waals surface area contributed by atoms with Gasteiger partial charge in [0.25, 0.3) is 0 Å². The third kappa shape index (κ3) is 4.22. The zero-order valence-corrected chi connectivity index (χ0v) is 23.0. The molecule has 0 aliphatic carbocycles. The number of nitrogens with zero attached hydrogens (tertiary/aromatic N) is 2. The highest BCUT2D eigenvalue weighted by Gasteiger charge is 2.21. The number of carboxylic acids is 1. The summed E-state index contributed by atoms with van der Waals surface area (Å²) in [6.45, 7) is 12.6. The Hall–Kier alpha value is -4.13. The van der Waals surface area contributed by atoms with Crippen LogP contribution in [-0.4, -0.2) is 31.0 Å². The molecule has 38 heavy (non-hydrogen) atoms. The molecule has 0 radical (unpaired) electrons. The second kappa shape index (κ2) is 9.63. The summed E-state index contributed by atoms with van der Waals surface area (Å²) in [6.07, 6.45) is 2.15. The van der Waals surface area contributed by atoms with Crippen molar-refractivity contribution < 1.29 is 9.90 Å². The fourth-order valence-electron chi connectivity index (χ4n) is 5.71. The van der Waals surface area contributed by atoms with Gasteiger partial charge >= 0.3 is 5.97 Å². The molecule has 5 heterocycles. The third-order valence-corrected chi connectivity index (χ3v) is 7.91. The number of nitrogen functional groups attached to an aromatic ring is 1. The number of aromatic nitrogens is 4. The average Bonchev–Trinajstić information content (AvgIpc) is 3.56. The number of H-pyrrole nitrogens is 2. The quantitative estimate of drug-likeness (QED) is 0.289. The van der Waals surface area contributed by atoms with Crippen LogP contribution in [0.2, 0.25) is 0 Å². The highest BCUT2D eigenvalue weighted by Crippen LogP contribution is 2.38. The summed E-state index contributed by atoms with van der Waals surface area (Å²) in [4.78, 5) is 28.5. The molecule has 0 saturated heterocycles. The number of carbonyl (C=O) groups is 1. The Kier molecular flexibility index (Phi) is 6.47. The molecule has 3 aromatic heterocycles. The normalized spacial score (nSPS) is 13.5. The van der Waals surface area contributed by atoms with E-state index >= 15 is 0 Å². The van der Waals surface area contributed by atoms with Crippen molar-refractivity contribution in [1.82, 2.24) is 19.9 Å². The molecule has 0 saturated carbocycles. The molecule has 7 heteroatoms. The molecule has 5 N–H and O–H groups in total. The maximum atomic E-state index is 11.4. The van der Waals surface area contributed by atoms with Crippen molar-refractivity contribution in [3.8, 4) is 0 Å². The van der Waals surface area contributed by atoms with E-state index in [4.69, 9.17) is 15.7 Å². The maximum Gasteiger partial charge on any atom is 0.303 e. The largest absolute Gasteiger partial charge is 0.481 e. The summed E-state index contributed by atoms with van der Waals surface area (Å²) in [6, 6.07) is 8.27. The predicted octanol–water partition coefficient (Wildman–Crippen LogP) is 7.21. The molecule has 0 amide bonds. The zero-order chi connectivity index (χ0) is 27.3. The fraction of sp³-hybridized carbons (Fsp3) is 0.323. The van der Waals surface area contributed by atoms with Gasteiger partial charge in [-0.05, 0) is 110 Å². The number of hydrogen-bond donors (Lipinski definition) is 4. The van der Waals surface area contributed by atoms with Crippen LogP contribution >= 0.6 is 0 Å². The van der Waals surface area contributed by atoms with Gasteiger partial charge in [0.05, 0.1) is 34.0 Å². The first-order valence-corrected chi connectivity index (χ1v) is 13.2. The second-order valence-corrected chi connectivity index (χ2v) is 10.2. The van der Waals surface area contributed by atoms with Crippen LogP contribution in [0.3, 0.4) is 0 Å². The van der Waals surface area contributed by atoms with Gasteiger partial charge in [0.15, 0.2) is 0 Å². The predicted molar refractivity (Wildman–Crippen MR) is 156 cm³/mol. The van der Waals surface area contributed by atoms with Crippen LogP contribution in [0.5, 0.6) is 0 Å². The van der Waals surface area contributed by atoms with Gasteiger partial charge in [-0.25, -0.2) is 9.97 Å². The summed E-state index contributed by atoms with van der Waals surface area (Å²) in [5.41, 5.74) is 22.3. The van der Waals surface area contributed by atoms with Crippen LogP contribution in [-0.2, 0) is 11.2 Å². The number of nitrogens with two attached hydrogens (primary N) is 1. The molecule has 3 aromatic rings. The number of fused-ring (bicyclic) bond motifs is 8. The van der Waals surface area contributed by atoms with Crippen molar-refractivity contribution in [2.45, 2.75) is 67.2 Å². The van der Waals surface area contributed by atoms with Crippen LogP contribution in [0.15, 0.2) is 24.3 Å². The van der Waals surface area contributed by atoms with E-state index in [1.54, 1.807) is 0 Å². The number of aryl methyl sites for hydroxylation is 3. The molecule has 0 atom stereocenters. The molecule has 0 aromatic carbocycles. The van der Waals surface area contributed by atoms with E-state index in [1.807, 2.05) is 13.0 Å². The topological polar surface area (TPSA) is 121 Å². The maximum absolute atomic E-state index is 11.4. The fourth-order valence-corrected chi connectivity index (χ4v) is 5.71. The zero-order valence-electron chi connectivity index (χ0n) is 23.0. The molecule has 196 valence electrons. The Morgan fingerprint density at radius 2 is 1.58 bits per heavy atom. The highest BCUT2D eigenvalue weighted by molar-refractivity contribution is 5.99. The Morgan fingerprint density at radius 3 is 2.26 bits per heavy atom. The van der Waals surface area contributed by atoms with Crippen molar-refractivity contribution >= 4 is 56.0 Å². The number of aliphatic carboxylic acids is 1. The lowest BCUT2D eigenvalue weighted by Crippen LogP contribution is -1.95. The average molecular weight is 510 g/mol. The first-order chi connectivity index (χ1) is 18.1. The smallest absolute Gasteiger partial charge is 0.303 e. The van der Waals surface area contributed by atoms with E-state index in [0.717, 1.165) is 91.1 Å². The van der Waals surface area contributed by atoms with Gasteiger partial charge in [0, 0.05) is 23.0 Å². The first-order valence-electron chi connectivity index (χ1n) is 13.2. The van der Waals surface area contributed by atoms with Crippen LogP contribution in [0.25, 0.3) is 44.4 Å². The van der Waals surface area contributed by atoms with Crippen molar-refractivity contribution in [3.05, 3.63) is 63.7 Å². The lowest BCUT2D eigenvalue weighted by atomic mass is 10.0. The molecular formula is C31H35N5O2. The van der Waals surface area contributed by atoms with Crippen LogP contribution in [0.1, 0.15) is 86.4 Å². The summed E-state index contributed by atoms with van der Waals surface area (Å²) in [5.74, 6) is -0.820. The van der Waals surface area contributed by atoms with Crippen LogP contribution in [0, 0.1) is 13.8 Å². The van der Waals surface area contributed by atoms with E-state index in [9.17, 15) is 9.90 Å². The van der Waals surface area contributed by atoms with Gasteiger partial charge in [-0.2, -0.15) is 0 Å². The van der Waals surface area contributed by atoms with Gasteiger partial charge in [0.2, 0.25) is 0 Å². The number of carboxylic acid groups (broad SMARTS) is 1. The van der Waals surface area contributed by atoms with Crippen molar-refractivity contribution in [3.63, 3.8) is 0 Å². The summed E-state index contributed by atoms with van der Waals surface area (Å²) in [5, 5.41) is 9.37. The second-order valence-electron chi connectivity index (χ2n) is 10.2. The SMILES string of the molecule is CCC1=C(C)c2nc1cc1[nH]c(cc3nc(cc4[nH]c(c2N)c(CC)c4C)C(C)=C3CCC(=O)O)cc1C. The van der Waals surface area contributed by atoms with E-state index in [1.165, 1.54) is 5.57 Å². The number of hydrogen-bond acceptors (Lipinski definition) is 4. The number of allylic oxidation sites excluding steroid dienone is 4. The van der Waals surface area contributed by atoms with Crippen molar-refractivity contribution in [2.75, 3.05) is 5.73 Å². The number of rotatable bonds is 5. The Balaban J connectivity index is 1.94. The third-order valence-electron chi connectivity index (χ3n) is 7.91. The molecular weight excluding hydrogens is 474 g/mol. The molecule has 8 bridgehead atoms. The van der Waals surface area contributed by atoms with Crippen LogP contribution in [0.4, 0.5) is 5.69 Å². The van der Waals surface area contributed by atoms with Gasteiger partial charge in [-0.3, -0.25) is 4.79 Å². The molecule has 0 spiro atoms. The minimum absolute atomic E-state index is 0.0522. The number of aromatic amines is 2. The van der Waals surface area contributed by atoms with Crippen LogP contribution < -0.4 is 5.73 Å². The summed E-state index contributed by atoms with van der Waals surface area (Å²) < 4.78 is 0. The standard InChI is InChI=1S/C31H35N5O2/c1-7-20-18(6)30-29(32)31-21(8-2)16(4)25(35-31)14-24-17(5)22(9-10-28(37)38)26(34-24)12-19-11-15(3)23(33-19)13-27(20)36-30/h11-14,33,35H,7-10,32H2,1-6H3,(H,37,38). The first kappa shape index (κ1) is 25.5. The Labute approximate surface area is 222 Å². The lowest BCUT2D eigenvalue weighted by molar-refractivity contribution is -0.136. The number of nitrogens with one attached hydrogen (secondary N) is 2.